The molecule has 0 N–H and O–H groups in total. The van der Waals surface area contributed by atoms with E-state index in [4.69, 9.17) is 9.47 Å². The maximum atomic E-state index is 13.6. The maximum Gasteiger partial charge on any atom is 0.474 e. The van der Waals surface area contributed by atoms with Crippen LogP contribution in [0.2, 0.25) is 0 Å². The Balaban J connectivity index is 2.03. The van der Waals surface area contributed by atoms with Crippen LogP contribution in [-0.2, 0) is 5.41 Å². The van der Waals surface area contributed by atoms with Crippen LogP contribution in [0, 0.1) is 0 Å². The minimum atomic E-state index is -4.70. The van der Waals surface area contributed by atoms with Crippen LogP contribution in [0.25, 0.3) is 0 Å². The summed E-state index contributed by atoms with van der Waals surface area (Å²) in [6.07, 6.45) is -4.70. The lowest BCUT2D eigenvalue weighted by Gasteiger charge is -2.32. The summed E-state index contributed by atoms with van der Waals surface area (Å²) in [5.41, 5.74) is 1.20. The van der Waals surface area contributed by atoms with Gasteiger partial charge >= 0.3 is 10.0 Å². The number of alkyl halides is 7. The first-order valence-corrected chi connectivity index (χ1v) is 10.9. The van der Waals surface area contributed by atoms with Gasteiger partial charge in [0.2, 0.25) is 13.7 Å². The molecule has 0 aliphatic carbocycles. The molecule has 3 aromatic rings. The monoisotopic (exact) mass is 596 g/mol. The van der Waals surface area contributed by atoms with E-state index in [9.17, 15) is 26.3 Å². The highest BCUT2D eigenvalue weighted by molar-refractivity contribution is 14.1. The molecule has 0 unspecified atom stereocenters. The summed E-state index contributed by atoms with van der Waals surface area (Å²) in [7, 11) is 0. The molecule has 3 nitrogen and oxygen atoms in total. The van der Waals surface area contributed by atoms with Crippen LogP contribution in [0.1, 0.15) is 23.6 Å². The molecule has 0 radical (unpaired) electrons. The fourth-order valence-electron chi connectivity index (χ4n) is 3.46. The van der Waals surface area contributed by atoms with Crippen LogP contribution in [-0.4, -0.2) is 23.8 Å². The zero-order valence-corrected chi connectivity index (χ0v) is 19.9. The molecule has 0 fully saturated rings. The van der Waals surface area contributed by atoms with Gasteiger partial charge in [-0.15, -0.1) is 0 Å². The topological polar surface area (TPSA) is 27.7 Å². The van der Waals surface area contributed by atoms with Crippen molar-refractivity contribution in [1.82, 2.24) is 0 Å². The van der Waals surface area contributed by atoms with Crippen molar-refractivity contribution in [1.29, 1.82) is 0 Å². The smallest absolute Gasteiger partial charge is 0.463 e. The Morgan fingerprint density at radius 1 is 0.618 bits per heavy atom. The predicted molar refractivity (Wildman–Crippen MR) is 123 cm³/mol. The van der Waals surface area contributed by atoms with Gasteiger partial charge in [-0.1, -0.05) is 36.4 Å². The Kier molecular flexibility index (Phi) is 7.89. The van der Waals surface area contributed by atoms with Gasteiger partial charge in [0.15, 0.2) is 0 Å². The molecule has 34 heavy (non-hydrogen) atoms. The maximum absolute atomic E-state index is 13.6. The molecule has 0 aliphatic rings. The van der Waals surface area contributed by atoms with Crippen molar-refractivity contribution in [3.8, 4) is 17.2 Å². The number of ether oxygens (including phenoxy) is 3. The Hall–Kier alpha value is -2.63. The first kappa shape index (κ1) is 26.0. The third-order valence-corrected chi connectivity index (χ3v) is 5.94. The fourth-order valence-corrected chi connectivity index (χ4v) is 3.57. The van der Waals surface area contributed by atoms with Gasteiger partial charge in [0, 0.05) is 28.0 Å². The van der Waals surface area contributed by atoms with Crippen molar-refractivity contribution in [3.05, 3.63) is 89.5 Å². The molecule has 3 aromatic carbocycles. The van der Waals surface area contributed by atoms with Crippen LogP contribution in [0.5, 0.6) is 17.2 Å². The zero-order valence-electron chi connectivity index (χ0n) is 17.7. The second-order valence-corrected chi connectivity index (χ2v) is 8.68. The van der Waals surface area contributed by atoms with E-state index in [0.29, 0.717) is 39.7 Å². The van der Waals surface area contributed by atoms with Gasteiger partial charge in [0.05, 0.1) is 0 Å². The lowest BCUT2D eigenvalue weighted by atomic mass is 9.71. The number of hydrogen-bond donors (Lipinski definition) is 0. The van der Waals surface area contributed by atoms with Crippen LogP contribution < -0.4 is 14.2 Å². The lowest BCUT2D eigenvalue weighted by molar-refractivity contribution is -0.261. The molecule has 0 bridgehead atoms. The largest absolute Gasteiger partial charge is 0.474 e. The first-order chi connectivity index (χ1) is 16.0. The van der Waals surface area contributed by atoms with Crippen LogP contribution in [0.4, 0.5) is 26.3 Å². The van der Waals surface area contributed by atoms with E-state index in [1.165, 1.54) is 24.3 Å². The van der Waals surface area contributed by atoms with Crippen molar-refractivity contribution in [2.75, 3.05) is 13.7 Å². The van der Waals surface area contributed by atoms with Crippen LogP contribution in [0.3, 0.4) is 0 Å². The number of hydrogen-bond acceptors (Lipinski definition) is 3. The van der Waals surface area contributed by atoms with E-state index in [-0.39, 0.29) is 0 Å². The van der Waals surface area contributed by atoms with Gasteiger partial charge in [-0.3, -0.25) is 0 Å². The number of rotatable bonds is 10. The third kappa shape index (κ3) is 5.53. The third-order valence-electron chi connectivity index (χ3n) is 5.31. The SMILES string of the molecule is CC(c1ccc(OCF)cc1)(c1ccc(OCF)cc1)c1ccc(OC(F)(F)C(F)(F)I)cc1. The Labute approximate surface area is 205 Å². The second-order valence-electron chi connectivity index (χ2n) is 7.32. The van der Waals surface area contributed by atoms with Gasteiger partial charge < -0.3 is 14.2 Å². The molecule has 0 heterocycles. The Morgan fingerprint density at radius 2 is 0.941 bits per heavy atom. The molecule has 10 heteroatoms. The van der Waals surface area contributed by atoms with E-state index < -0.39 is 34.9 Å². The van der Waals surface area contributed by atoms with Crippen molar-refractivity contribution in [3.63, 3.8) is 0 Å². The minimum Gasteiger partial charge on any atom is -0.463 e. The van der Waals surface area contributed by atoms with Gasteiger partial charge in [-0.05, 0) is 60.0 Å². The van der Waals surface area contributed by atoms with E-state index in [0.717, 1.165) is 11.1 Å². The molecule has 0 atom stereocenters. The summed E-state index contributed by atoms with van der Waals surface area (Å²) in [4.78, 5) is 0. The van der Waals surface area contributed by atoms with E-state index in [1.807, 2.05) is 6.92 Å². The van der Waals surface area contributed by atoms with Gasteiger partial charge in [0.1, 0.15) is 17.2 Å². The highest BCUT2D eigenvalue weighted by Gasteiger charge is 2.57. The first-order valence-electron chi connectivity index (χ1n) is 9.84. The summed E-state index contributed by atoms with van der Waals surface area (Å²) in [5.74, 6) is 0.183. The Bertz CT molecular complexity index is 1020. The van der Waals surface area contributed by atoms with Crippen LogP contribution >= 0.6 is 22.6 Å². The molecule has 0 saturated heterocycles. The molecule has 0 spiro atoms. The highest BCUT2D eigenvalue weighted by atomic mass is 127. The molecule has 0 amide bonds. The molecular weight excluding hydrogens is 577 g/mol. The zero-order chi connectivity index (χ0) is 25.0. The van der Waals surface area contributed by atoms with E-state index in [1.54, 1.807) is 48.5 Å². The normalized spacial score (nSPS) is 12.4. The van der Waals surface area contributed by atoms with E-state index in [2.05, 4.69) is 4.74 Å². The summed E-state index contributed by atoms with van der Waals surface area (Å²) in [6, 6.07) is 18.5. The van der Waals surface area contributed by atoms with Gasteiger partial charge in [-0.25, -0.2) is 8.78 Å². The van der Waals surface area contributed by atoms with Crippen molar-refractivity contribution >= 4 is 22.6 Å². The van der Waals surface area contributed by atoms with Crippen molar-refractivity contribution < 1.29 is 40.6 Å². The molecule has 0 saturated carbocycles. The summed E-state index contributed by atoms with van der Waals surface area (Å²) in [6.45, 7) is -0.128. The van der Waals surface area contributed by atoms with Gasteiger partial charge in [0.25, 0.3) is 0 Å². The Morgan fingerprint density at radius 3 is 1.24 bits per heavy atom. The molecule has 0 aromatic heterocycles. The highest BCUT2D eigenvalue weighted by Crippen LogP contribution is 2.43. The van der Waals surface area contributed by atoms with Crippen molar-refractivity contribution in [2.24, 2.45) is 0 Å². The molecular formula is C24H19F6IO3. The summed E-state index contributed by atoms with van der Waals surface area (Å²) in [5, 5.41) is 0. The fraction of sp³-hybridized carbons (Fsp3) is 0.250. The summed E-state index contributed by atoms with van der Waals surface area (Å²) < 4.78 is 88.0. The minimum absolute atomic E-state index is 0.311. The summed E-state index contributed by atoms with van der Waals surface area (Å²) >= 11 is 0.322. The van der Waals surface area contributed by atoms with E-state index >= 15 is 0 Å². The lowest BCUT2D eigenvalue weighted by Crippen LogP contribution is -2.40. The van der Waals surface area contributed by atoms with Crippen LogP contribution in [0.15, 0.2) is 72.8 Å². The predicted octanol–water partition coefficient (Wildman–Crippen LogP) is 7.65. The van der Waals surface area contributed by atoms with Gasteiger partial charge in [-0.2, -0.15) is 17.6 Å². The number of halogens is 7. The second kappa shape index (κ2) is 10.3. The quantitative estimate of drug-likeness (QED) is 0.104. The standard InChI is InChI=1S/C24H19F6IO3/c1-22(16-2-8-19(9-3-16)32-14-25,17-4-10-20(11-5-17)33-15-26)18-6-12-21(13-7-18)34-24(29,30)23(27,28)31/h2-13H,14-15H2,1H3. The van der Waals surface area contributed by atoms with Crippen molar-refractivity contribution in [2.45, 2.75) is 22.4 Å². The average molecular weight is 596 g/mol. The molecule has 3 rings (SSSR count). The molecule has 0 aliphatic heterocycles. The number of benzene rings is 3. The average Bonchev–Trinajstić information content (AvgIpc) is 2.79. The molecule has 182 valence electrons.